The van der Waals surface area contributed by atoms with Gasteiger partial charge in [-0.05, 0) is 36.2 Å². The third-order valence-corrected chi connectivity index (χ3v) is 5.30. The van der Waals surface area contributed by atoms with Gasteiger partial charge in [-0.3, -0.25) is 10.1 Å². The molecule has 0 aliphatic heterocycles. The summed E-state index contributed by atoms with van der Waals surface area (Å²) < 4.78 is 11.7. The van der Waals surface area contributed by atoms with E-state index < -0.39 is 4.92 Å². The van der Waals surface area contributed by atoms with Gasteiger partial charge in [0.25, 0.3) is 5.69 Å². The van der Waals surface area contributed by atoms with E-state index in [4.69, 9.17) is 32.7 Å². The molecule has 0 saturated heterocycles. The molecule has 7 nitrogen and oxygen atoms in total. The number of anilines is 1. The first-order chi connectivity index (χ1) is 16.0. The smallest absolute Gasteiger partial charge is 0.271 e. The Balaban J connectivity index is 0.00000408. The molecule has 0 aliphatic rings. The molecular formula is C24H26Cl3N3O4. The van der Waals surface area contributed by atoms with E-state index in [0.29, 0.717) is 60.1 Å². The number of benzene rings is 3. The Morgan fingerprint density at radius 1 is 0.941 bits per heavy atom. The van der Waals surface area contributed by atoms with E-state index in [1.165, 1.54) is 12.1 Å². The number of hydrogen-bond donors (Lipinski definition) is 2. The highest BCUT2D eigenvalue weighted by molar-refractivity contribution is 6.33. The molecule has 3 rings (SSSR count). The second-order valence-corrected chi connectivity index (χ2v) is 7.95. The number of non-ortho nitro benzene ring substituents is 1. The minimum absolute atomic E-state index is 0. The fourth-order valence-corrected chi connectivity index (χ4v) is 3.66. The third kappa shape index (κ3) is 7.95. The molecule has 3 aromatic carbocycles. The molecule has 34 heavy (non-hydrogen) atoms. The zero-order valence-electron chi connectivity index (χ0n) is 18.6. The number of rotatable bonds is 12. The molecule has 182 valence electrons. The lowest BCUT2D eigenvalue weighted by Gasteiger charge is -2.16. The molecular weight excluding hydrogens is 501 g/mol. The Morgan fingerprint density at radius 3 is 2.38 bits per heavy atom. The predicted octanol–water partition coefficient (Wildman–Crippen LogP) is 6.50. The highest BCUT2D eigenvalue weighted by Gasteiger charge is 2.13. The highest BCUT2D eigenvalue weighted by Crippen LogP contribution is 2.37. The fourth-order valence-electron chi connectivity index (χ4n) is 3.14. The molecule has 0 aromatic heterocycles. The Labute approximate surface area is 214 Å². The minimum atomic E-state index is -0.475. The van der Waals surface area contributed by atoms with E-state index in [1.54, 1.807) is 6.07 Å². The number of halogens is 3. The molecule has 0 heterocycles. The van der Waals surface area contributed by atoms with Crippen LogP contribution in [0.1, 0.15) is 18.1 Å². The number of nitrogens with one attached hydrogen (secondary N) is 2. The van der Waals surface area contributed by atoms with E-state index >= 15 is 0 Å². The number of nitro benzene ring substituents is 1. The van der Waals surface area contributed by atoms with Gasteiger partial charge in [0.05, 0.1) is 27.3 Å². The average molecular weight is 527 g/mol. The van der Waals surface area contributed by atoms with Crippen molar-refractivity contribution >= 4 is 47.0 Å². The number of ether oxygens (including phenoxy) is 2. The summed E-state index contributed by atoms with van der Waals surface area (Å²) in [6.07, 6.45) is 0. The van der Waals surface area contributed by atoms with Crippen molar-refractivity contribution in [3.8, 4) is 11.5 Å². The first-order valence-electron chi connectivity index (χ1n) is 10.5. The molecule has 2 N–H and O–H groups in total. The lowest BCUT2D eigenvalue weighted by molar-refractivity contribution is -0.384. The zero-order chi connectivity index (χ0) is 23.6. The Morgan fingerprint density at radius 2 is 1.71 bits per heavy atom. The molecule has 0 spiro atoms. The van der Waals surface area contributed by atoms with Crippen LogP contribution >= 0.6 is 35.6 Å². The van der Waals surface area contributed by atoms with Crippen molar-refractivity contribution in [3.63, 3.8) is 0 Å². The average Bonchev–Trinajstić information content (AvgIpc) is 2.80. The normalized spacial score (nSPS) is 10.3. The quantitative estimate of drug-likeness (QED) is 0.159. The largest absolute Gasteiger partial charge is 0.490 e. The standard InChI is InChI=1S/C24H25Cl2N3O4.ClH/c1-2-32-23-13-18(12-21(26)24(23)33-16-17-6-4-3-5-7-17)15-27-10-11-28-22-9-8-19(29(30)31)14-20(22)25;/h3-9,12-14,27-28H,2,10-11,15-16H2,1H3;1H. The summed E-state index contributed by atoms with van der Waals surface area (Å²) in [7, 11) is 0. The van der Waals surface area contributed by atoms with Crippen molar-refractivity contribution in [2.45, 2.75) is 20.1 Å². The zero-order valence-corrected chi connectivity index (χ0v) is 20.9. The summed E-state index contributed by atoms with van der Waals surface area (Å²) in [5, 5.41) is 18.1. The first kappa shape index (κ1) is 27.5. The van der Waals surface area contributed by atoms with Gasteiger partial charge in [-0.25, -0.2) is 0 Å². The van der Waals surface area contributed by atoms with Gasteiger partial charge >= 0.3 is 0 Å². The molecule has 0 bridgehead atoms. The lowest BCUT2D eigenvalue weighted by Crippen LogP contribution is -2.22. The molecule has 0 radical (unpaired) electrons. The fraction of sp³-hybridized carbons (Fsp3) is 0.250. The summed E-state index contributed by atoms with van der Waals surface area (Å²) >= 11 is 12.6. The Bertz CT molecular complexity index is 1080. The predicted molar refractivity (Wildman–Crippen MR) is 139 cm³/mol. The van der Waals surface area contributed by atoms with Gasteiger partial charge in [-0.15, -0.1) is 12.4 Å². The third-order valence-electron chi connectivity index (χ3n) is 4.70. The van der Waals surface area contributed by atoms with E-state index in [-0.39, 0.29) is 18.1 Å². The van der Waals surface area contributed by atoms with Gasteiger partial charge in [0.15, 0.2) is 11.5 Å². The second-order valence-electron chi connectivity index (χ2n) is 7.14. The van der Waals surface area contributed by atoms with E-state index in [1.807, 2.05) is 49.4 Å². The highest BCUT2D eigenvalue weighted by atomic mass is 35.5. The summed E-state index contributed by atoms with van der Waals surface area (Å²) in [4.78, 5) is 10.3. The maximum absolute atomic E-state index is 10.8. The summed E-state index contributed by atoms with van der Waals surface area (Å²) in [6, 6.07) is 18.0. The van der Waals surface area contributed by atoms with Crippen molar-refractivity contribution in [1.82, 2.24) is 5.32 Å². The van der Waals surface area contributed by atoms with Crippen molar-refractivity contribution in [3.05, 3.63) is 92.0 Å². The van der Waals surface area contributed by atoms with E-state index in [0.717, 1.165) is 11.1 Å². The maximum Gasteiger partial charge on any atom is 0.271 e. The molecule has 0 atom stereocenters. The van der Waals surface area contributed by atoms with E-state index in [9.17, 15) is 10.1 Å². The van der Waals surface area contributed by atoms with Gasteiger partial charge in [-0.1, -0.05) is 53.5 Å². The van der Waals surface area contributed by atoms with Crippen molar-refractivity contribution in [2.24, 2.45) is 0 Å². The van der Waals surface area contributed by atoms with Crippen molar-refractivity contribution in [1.29, 1.82) is 0 Å². The van der Waals surface area contributed by atoms with Crippen LogP contribution in [-0.2, 0) is 13.2 Å². The van der Waals surface area contributed by atoms with Crippen molar-refractivity contribution < 1.29 is 14.4 Å². The van der Waals surface area contributed by atoms with Crippen LogP contribution in [0.5, 0.6) is 11.5 Å². The Kier molecular flexibility index (Phi) is 11.2. The van der Waals surface area contributed by atoms with Gasteiger partial charge < -0.3 is 20.1 Å². The maximum atomic E-state index is 10.8. The number of hydrogen-bond acceptors (Lipinski definition) is 6. The lowest BCUT2D eigenvalue weighted by atomic mass is 10.2. The van der Waals surface area contributed by atoms with Crippen LogP contribution in [-0.4, -0.2) is 24.6 Å². The number of nitrogens with zero attached hydrogens (tertiary/aromatic N) is 1. The summed E-state index contributed by atoms with van der Waals surface area (Å²) in [6.45, 7) is 4.61. The summed E-state index contributed by atoms with van der Waals surface area (Å²) in [5.74, 6) is 1.13. The van der Waals surface area contributed by atoms with Gasteiger partial charge in [0.2, 0.25) is 0 Å². The number of nitro groups is 1. The van der Waals surface area contributed by atoms with Crippen LogP contribution in [0.3, 0.4) is 0 Å². The molecule has 0 aliphatic carbocycles. The first-order valence-corrected chi connectivity index (χ1v) is 11.2. The van der Waals surface area contributed by atoms with Gasteiger partial charge in [0, 0.05) is 31.8 Å². The molecule has 10 heteroatoms. The van der Waals surface area contributed by atoms with Crippen LogP contribution in [0.25, 0.3) is 0 Å². The summed E-state index contributed by atoms with van der Waals surface area (Å²) in [5.41, 5.74) is 2.61. The molecule has 0 saturated carbocycles. The Hall–Kier alpha value is -2.71. The molecule has 3 aromatic rings. The molecule has 0 fully saturated rings. The second kappa shape index (κ2) is 13.9. The van der Waals surface area contributed by atoms with Crippen molar-refractivity contribution in [2.75, 3.05) is 25.0 Å². The van der Waals surface area contributed by atoms with Crippen LogP contribution in [0, 0.1) is 10.1 Å². The van der Waals surface area contributed by atoms with Gasteiger partial charge in [-0.2, -0.15) is 0 Å². The topological polar surface area (TPSA) is 85.7 Å². The van der Waals surface area contributed by atoms with Gasteiger partial charge in [0.1, 0.15) is 6.61 Å². The van der Waals surface area contributed by atoms with Crippen LogP contribution in [0.4, 0.5) is 11.4 Å². The molecule has 0 unspecified atom stereocenters. The molecule has 0 amide bonds. The minimum Gasteiger partial charge on any atom is -0.490 e. The SMILES string of the molecule is CCOc1cc(CNCCNc2ccc([N+](=O)[O-])cc2Cl)cc(Cl)c1OCc1ccccc1.Cl. The van der Waals surface area contributed by atoms with Crippen LogP contribution < -0.4 is 20.1 Å². The van der Waals surface area contributed by atoms with Crippen LogP contribution in [0.2, 0.25) is 10.0 Å². The van der Waals surface area contributed by atoms with Crippen LogP contribution in [0.15, 0.2) is 60.7 Å². The van der Waals surface area contributed by atoms with E-state index in [2.05, 4.69) is 10.6 Å². The monoisotopic (exact) mass is 525 g/mol.